The number of fused-ring (bicyclic) bond motifs is 1. The van der Waals surface area contributed by atoms with Gasteiger partial charge in [0.2, 0.25) is 0 Å². The molecule has 1 aliphatic heterocycles. The summed E-state index contributed by atoms with van der Waals surface area (Å²) in [7, 11) is -7.56. The predicted molar refractivity (Wildman–Crippen MR) is 116 cm³/mol. The summed E-state index contributed by atoms with van der Waals surface area (Å²) < 4.78 is 56.7. The first-order valence-corrected chi connectivity index (χ1v) is 12.7. The Balaban J connectivity index is 1.59. The molecule has 0 saturated heterocycles. The van der Waals surface area contributed by atoms with E-state index in [1.54, 1.807) is 19.1 Å². The third kappa shape index (κ3) is 4.00. The van der Waals surface area contributed by atoms with Crippen LogP contribution in [0.3, 0.4) is 0 Å². The molecule has 0 aliphatic carbocycles. The molecular formula is C19H19N3O4S3. The van der Waals surface area contributed by atoms with Crippen molar-refractivity contribution in [3.05, 3.63) is 53.4 Å². The molecule has 0 saturated carbocycles. The summed E-state index contributed by atoms with van der Waals surface area (Å²) >= 11 is 1.42. The van der Waals surface area contributed by atoms with Crippen LogP contribution in [0.5, 0.6) is 0 Å². The lowest BCUT2D eigenvalue weighted by Crippen LogP contribution is -2.29. The Morgan fingerprint density at radius 3 is 2.34 bits per heavy atom. The lowest BCUT2D eigenvalue weighted by Gasteiger charge is -2.11. The van der Waals surface area contributed by atoms with Crippen molar-refractivity contribution >= 4 is 53.0 Å². The van der Waals surface area contributed by atoms with Crippen LogP contribution in [0.2, 0.25) is 0 Å². The molecule has 0 unspecified atom stereocenters. The maximum Gasteiger partial charge on any atom is 0.263 e. The smallest absolute Gasteiger partial charge is 0.263 e. The van der Waals surface area contributed by atoms with Crippen molar-refractivity contribution in [1.29, 1.82) is 0 Å². The zero-order valence-electron chi connectivity index (χ0n) is 15.5. The van der Waals surface area contributed by atoms with Gasteiger partial charge in [-0.05, 0) is 43.7 Å². The lowest BCUT2D eigenvalue weighted by atomic mass is 10.2. The molecule has 1 aliphatic rings. The molecule has 7 nitrogen and oxygen atoms in total. The highest BCUT2D eigenvalue weighted by Gasteiger charge is 2.23. The molecule has 0 fully saturated rings. The van der Waals surface area contributed by atoms with Gasteiger partial charge in [0, 0.05) is 33.6 Å². The number of anilines is 1. The summed E-state index contributed by atoms with van der Waals surface area (Å²) in [6.45, 7) is 2.39. The number of nitrogens with one attached hydrogen (secondary N) is 2. The fraction of sp³-hybridized carbons (Fsp3) is 0.211. The minimum Gasteiger partial charge on any atom is -0.280 e. The standard InChI is InChI=1S/C19H19N3O4S3/c1-13-19(16-5-2-3-6-17(16)27-13)29(25,26)21-14-8-10-15(11-9-14)28(23,24)22-18-7-4-12-20-18/h2-3,5-6,8-11,21H,4,7,12H2,1H3,(H,20,22). The number of hydrogen-bond donors (Lipinski definition) is 2. The zero-order chi connectivity index (χ0) is 20.6. The van der Waals surface area contributed by atoms with E-state index in [2.05, 4.69) is 14.4 Å². The van der Waals surface area contributed by atoms with Gasteiger partial charge in [0.05, 0.1) is 4.90 Å². The van der Waals surface area contributed by atoms with Gasteiger partial charge in [0.25, 0.3) is 20.0 Å². The average molecular weight is 450 g/mol. The van der Waals surface area contributed by atoms with Gasteiger partial charge in [-0.1, -0.05) is 18.2 Å². The van der Waals surface area contributed by atoms with Gasteiger partial charge in [0.15, 0.2) is 0 Å². The Bertz CT molecular complexity index is 1310. The topological polar surface area (TPSA) is 105 Å². The van der Waals surface area contributed by atoms with Crippen LogP contribution in [-0.2, 0) is 20.0 Å². The molecular weight excluding hydrogens is 430 g/mol. The van der Waals surface area contributed by atoms with E-state index in [4.69, 9.17) is 0 Å². The molecule has 2 heterocycles. The number of nitrogens with zero attached hydrogens (tertiary/aromatic N) is 1. The van der Waals surface area contributed by atoms with Crippen molar-refractivity contribution in [3.63, 3.8) is 0 Å². The van der Waals surface area contributed by atoms with E-state index < -0.39 is 20.0 Å². The summed E-state index contributed by atoms with van der Waals surface area (Å²) in [6.07, 6.45) is 1.43. The molecule has 0 spiro atoms. The van der Waals surface area contributed by atoms with Crippen molar-refractivity contribution in [1.82, 2.24) is 4.72 Å². The van der Waals surface area contributed by atoms with Gasteiger partial charge in [-0.15, -0.1) is 11.3 Å². The first kappa shape index (κ1) is 19.9. The van der Waals surface area contributed by atoms with Crippen molar-refractivity contribution in [2.45, 2.75) is 29.6 Å². The number of aryl methyl sites for hydroxylation is 1. The molecule has 3 aromatic rings. The first-order chi connectivity index (χ1) is 13.8. The van der Waals surface area contributed by atoms with E-state index in [0.29, 0.717) is 29.1 Å². The van der Waals surface area contributed by atoms with Gasteiger partial charge in [-0.3, -0.25) is 14.4 Å². The molecule has 0 atom stereocenters. The maximum atomic E-state index is 13.0. The number of aliphatic imine (C=N–C) groups is 1. The molecule has 4 rings (SSSR count). The minimum absolute atomic E-state index is 0.0483. The van der Waals surface area contributed by atoms with Crippen LogP contribution in [0, 0.1) is 6.92 Å². The van der Waals surface area contributed by atoms with Crippen LogP contribution >= 0.6 is 11.3 Å². The molecule has 152 valence electrons. The van der Waals surface area contributed by atoms with Crippen LogP contribution in [0.1, 0.15) is 17.7 Å². The highest BCUT2D eigenvalue weighted by molar-refractivity contribution is 7.93. The van der Waals surface area contributed by atoms with Crippen LogP contribution in [0.4, 0.5) is 5.69 Å². The fourth-order valence-corrected chi connectivity index (χ4v) is 7.18. The number of thiophene rings is 1. The average Bonchev–Trinajstić information content (AvgIpc) is 3.27. The quantitative estimate of drug-likeness (QED) is 0.622. The summed E-state index contributed by atoms with van der Waals surface area (Å²) in [5.74, 6) is 0.453. The van der Waals surface area contributed by atoms with Crippen molar-refractivity contribution in [2.75, 3.05) is 11.3 Å². The third-order valence-corrected chi connectivity index (χ3v) is 8.71. The van der Waals surface area contributed by atoms with E-state index in [0.717, 1.165) is 11.1 Å². The predicted octanol–water partition coefficient (Wildman–Crippen LogP) is 3.48. The lowest BCUT2D eigenvalue weighted by molar-refractivity contribution is 0.592. The molecule has 0 bridgehead atoms. The van der Waals surface area contributed by atoms with Gasteiger partial charge in [-0.2, -0.15) is 0 Å². The Morgan fingerprint density at radius 2 is 1.66 bits per heavy atom. The normalized spacial score (nSPS) is 14.7. The van der Waals surface area contributed by atoms with E-state index >= 15 is 0 Å². The molecule has 10 heteroatoms. The number of benzene rings is 2. The maximum absolute atomic E-state index is 13.0. The molecule has 29 heavy (non-hydrogen) atoms. The van der Waals surface area contributed by atoms with Crippen LogP contribution in [-0.4, -0.2) is 29.2 Å². The van der Waals surface area contributed by atoms with Gasteiger partial charge in [-0.25, -0.2) is 16.8 Å². The Hall–Kier alpha value is -2.43. The number of amidine groups is 1. The van der Waals surface area contributed by atoms with Crippen LogP contribution in [0.25, 0.3) is 10.1 Å². The monoisotopic (exact) mass is 449 g/mol. The number of sulfonamides is 2. The second-order valence-corrected chi connectivity index (χ2v) is 11.2. The van der Waals surface area contributed by atoms with Gasteiger partial charge < -0.3 is 0 Å². The van der Waals surface area contributed by atoms with Gasteiger partial charge >= 0.3 is 0 Å². The third-order valence-electron chi connectivity index (χ3n) is 4.53. The largest absolute Gasteiger partial charge is 0.280 e. The van der Waals surface area contributed by atoms with E-state index in [1.165, 1.54) is 35.6 Å². The zero-order valence-corrected chi connectivity index (χ0v) is 18.0. The van der Waals surface area contributed by atoms with Crippen LogP contribution in [0.15, 0.2) is 63.3 Å². The van der Waals surface area contributed by atoms with E-state index in [1.807, 2.05) is 12.1 Å². The van der Waals surface area contributed by atoms with Crippen molar-refractivity contribution in [2.24, 2.45) is 4.99 Å². The molecule has 0 radical (unpaired) electrons. The number of rotatable bonds is 5. The minimum atomic E-state index is -3.82. The fourth-order valence-electron chi connectivity index (χ4n) is 3.22. The summed E-state index contributed by atoms with van der Waals surface area (Å²) in [5, 5.41) is 0.670. The molecule has 0 amide bonds. The second-order valence-electron chi connectivity index (χ2n) is 6.65. The van der Waals surface area contributed by atoms with E-state index in [9.17, 15) is 16.8 Å². The highest BCUT2D eigenvalue weighted by Crippen LogP contribution is 2.35. The number of hydrogen-bond acceptors (Lipinski definition) is 6. The van der Waals surface area contributed by atoms with Crippen molar-refractivity contribution < 1.29 is 16.8 Å². The molecule has 2 N–H and O–H groups in total. The summed E-state index contributed by atoms with van der Waals surface area (Å²) in [5.41, 5.74) is 0.289. The SMILES string of the molecule is Cc1sc2ccccc2c1S(=O)(=O)Nc1ccc(S(=O)(=O)NC2=NCCC2)cc1. The Labute approximate surface area is 173 Å². The van der Waals surface area contributed by atoms with E-state index in [-0.39, 0.29) is 15.5 Å². The summed E-state index contributed by atoms with van der Waals surface area (Å²) in [6, 6.07) is 12.9. The van der Waals surface area contributed by atoms with Crippen LogP contribution < -0.4 is 9.44 Å². The second kappa shape index (κ2) is 7.43. The summed E-state index contributed by atoms with van der Waals surface area (Å²) in [4.78, 5) is 5.10. The Morgan fingerprint density at radius 1 is 0.931 bits per heavy atom. The Kier molecular flexibility index (Phi) is 5.09. The molecule has 2 aromatic carbocycles. The first-order valence-electron chi connectivity index (χ1n) is 8.93. The highest BCUT2D eigenvalue weighted by atomic mass is 32.2. The van der Waals surface area contributed by atoms with Gasteiger partial charge in [0.1, 0.15) is 10.7 Å². The van der Waals surface area contributed by atoms with Crippen molar-refractivity contribution in [3.8, 4) is 0 Å². The molecule has 1 aromatic heterocycles.